The van der Waals surface area contributed by atoms with Crippen LogP contribution < -0.4 is 10.6 Å². The molecular weight excluding hydrogens is 864 g/mol. The highest BCUT2D eigenvalue weighted by molar-refractivity contribution is 5.77. The highest BCUT2D eigenvalue weighted by atomic mass is 16.8. The van der Waals surface area contributed by atoms with Crippen molar-refractivity contribution in [1.29, 1.82) is 0 Å². The fourth-order valence-electron chi connectivity index (χ4n) is 7.96. The summed E-state index contributed by atoms with van der Waals surface area (Å²) in [4.78, 5) is 50.3. The number of carbonyl (C=O) groups is 4. The number of rotatable bonds is 18. The van der Waals surface area contributed by atoms with Crippen LogP contribution in [-0.2, 0) is 52.3 Å². The van der Waals surface area contributed by atoms with Gasteiger partial charge in [0.15, 0.2) is 6.29 Å². The molecule has 0 saturated carbocycles. The molecule has 4 fully saturated rings. The number of hydrogen-bond donors (Lipinski definition) is 17. The van der Waals surface area contributed by atoms with Crippen LogP contribution in [0.15, 0.2) is 0 Å². The summed E-state index contributed by atoms with van der Waals surface area (Å²) in [6.45, 7) is -1.13. The lowest BCUT2D eigenvalue weighted by Gasteiger charge is -2.51. The maximum absolute atomic E-state index is 13.2. The predicted molar refractivity (Wildman–Crippen MR) is 195 cm³/mol. The van der Waals surface area contributed by atoms with Gasteiger partial charge in [-0.3, -0.25) is 9.59 Å². The molecule has 4 heterocycles. The standard InChI is InChI=1S/C35H58N2O26/c1-10-21(47)25(51)27(18(9-41)57-10)59-31-26(52)30(23(49)16(7-39)58-31)63-35(33(55)56)5-14(45)20(37-12(3)43)29(62-35)24(50)17(8-40)60-34(32(53)54)4-13(44)19(36-11(2)42)28(61-34)22(48)15(46)6-38/h10,13-31,38-41,44-52H,4-9H2,1-3H3,(H,36,42)(H,37,43)(H,53,54)(H,55,56)/t10?,13?,14?,15-,16?,17-,18?,19?,20?,21?,22-,23?,24-,25?,26?,27?,28?,29?,30?,31?,34-,35+/m1/s1. The van der Waals surface area contributed by atoms with Crippen molar-refractivity contribution in [2.45, 2.75) is 167 Å². The molecule has 17 N–H and O–H groups in total. The summed E-state index contributed by atoms with van der Waals surface area (Å²) in [5.74, 6) is -12.5. The van der Waals surface area contributed by atoms with Gasteiger partial charge in [-0.25, -0.2) is 9.59 Å². The molecule has 4 rings (SSSR count). The van der Waals surface area contributed by atoms with Gasteiger partial charge in [-0.2, -0.15) is 0 Å². The lowest BCUT2D eigenvalue weighted by molar-refractivity contribution is -0.383. The molecule has 28 heteroatoms. The number of aliphatic hydroxyl groups is 13. The molecule has 0 bridgehead atoms. The highest BCUT2D eigenvalue weighted by Crippen LogP contribution is 2.40. The van der Waals surface area contributed by atoms with Crippen LogP contribution in [0.1, 0.15) is 33.6 Å². The van der Waals surface area contributed by atoms with Crippen molar-refractivity contribution in [3.05, 3.63) is 0 Å². The zero-order chi connectivity index (χ0) is 47.5. The third-order valence-corrected chi connectivity index (χ3v) is 11.2. The minimum Gasteiger partial charge on any atom is -0.477 e. The molecule has 364 valence electrons. The SMILES string of the molecule is CC(=O)NC1C(O)C[C@](O[C@H](CO)[C@@H](O)C2O[C@@](OC3C(O)C(CO)OC(OC4C(CO)OC(C)C(O)C4O)C3O)(C(=O)O)CC(O)C2NC(C)=O)(C(=O)O)OC1[C@H](O)[C@H](O)CO. The van der Waals surface area contributed by atoms with Crippen molar-refractivity contribution in [2.75, 3.05) is 26.4 Å². The number of carboxylic acid groups (broad SMARTS) is 2. The van der Waals surface area contributed by atoms with Crippen LogP contribution in [-0.4, -0.2) is 260 Å². The molecule has 0 spiro atoms. The monoisotopic (exact) mass is 922 g/mol. The van der Waals surface area contributed by atoms with Crippen molar-refractivity contribution < 1.29 is 129 Å². The van der Waals surface area contributed by atoms with Crippen molar-refractivity contribution in [2.24, 2.45) is 0 Å². The summed E-state index contributed by atoms with van der Waals surface area (Å²) < 4.78 is 39.1. The van der Waals surface area contributed by atoms with Crippen LogP contribution in [0.4, 0.5) is 0 Å². The Balaban J connectivity index is 1.72. The summed E-state index contributed by atoms with van der Waals surface area (Å²) in [5.41, 5.74) is 0. The molecule has 4 saturated heterocycles. The molecule has 4 aliphatic rings. The molecule has 63 heavy (non-hydrogen) atoms. The van der Waals surface area contributed by atoms with Gasteiger partial charge >= 0.3 is 11.9 Å². The first-order valence-corrected chi connectivity index (χ1v) is 19.7. The summed E-state index contributed by atoms with van der Waals surface area (Å²) in [6, 6.07) is -3.54. The number of carboxylic acids is 2. The molecule has 2 amide bonds. The number of aliphatic hydroxyl groups excluding tert-OH is 13. The molecule has 16 unspecified atom stereocenters. The van der Waals surface area contributed by atoms with Crippen LogP contribution >= 0.6 is 0 Å². The van der Waals surface area contributed by atoms with Crippen molar-refractivity contribution in [3.63, 3.8) is 0 Å². The summed E-state index contributed by atoms with van der Waals surface area (Å²) in [7, 11) is 0. The molecule has 0 aromatic carbocycles. The summed E-state index contributed by atoms with van der Waals surface area (Å²) in [6.07, 6.45) is -38.1. The molecule has 0 aromatic heterocycles. The van der Waals surface area contributed by atoms with E-state index in [0.29, 0.717) is 0 Å². The number of carbonyl (C=O) groups excluding carboxylic acids is 2. The number of ether oxygens (including phenoxy) is 7. The Morgan fingerprint density at radius 3 is 1.65 bits per heavy atom. The number of amides is 2. The van der Waals surface area contributed by atoms with Crippen molar-refractivity contribution in [1.82, 2.24) is 10.6 Å². The Morgan fingerprint density at radius 1 is 0.667 bits per heavy atom. The van der Waals surface area contributed by atoms with Gasteiger partial charge in [-0.05, 0) is 6.92 Å². The van der Waals surface area contributed by atoms with Crippen LogP contribution in [0, 0.1) is 0 Å². The van der Waals surface area contributed by atoms with Crippen LogP contribution in [0.3, 0.4) is 0 Å². The number of hydrogen-bond acceptors (Lipinski definition) is 24. The maximum atomic E-state index is 13.2. The van der Waals surface area contributed by atoms with Crippen LogP contribution in [0.2, 0.25) is 0 Å². The second kappa shape index (κ2) is 21.6. The van der Waals surface area contributed by atoms with Gasteiger partial charge in [0.2, 0.25) is 11.8 Å². The van der Waals surface area contributed by atoms with Crippen LogP contribution in [0.5, 0.6) is 0 Å². The molecule has 22 atom stereocenters. The zero-order valence-electron chi connectivity index (χ0n) is 34.0. The Bertz CT molecular complexity index is 1560. The van der Waals surface area contributed by atoms with Crippen LogP contribution in [0.25, 0.3) is 0 Å². The van der Waals surface area contributed by atoms with Gasteiger partial charge < -0.3 is 120 Å². The first-order chi connectivity index (χ1) is 29.4. The quantitative estimate of drug-likeness (QED) is 0.0607. The van der Waals surface area contributed by atoms with E-state index in [4.69, 9.17) is 33.2 Å². The lowest BCUT2D eigenvalue weighted by atomic mass is 9.87. The van der Waals surface area contributed by atoms with E-state index in [-0.39, 0.29) is 0 Å². The Hall–Kier alpha value is -2.92. The van der Waals surface area contributed by atoms with Crippen molar-refractivity contribution in [3.8, 4) is 0 Å². The van der Waals surface area contributed by atoms with E-state index in [1.54, 1.807) is 0 Å². The molecule has 4 aliphatic heterocycles. The average molecular weight is 923 g/mol. The summed E-state index contributed by atoms with van der Waals surface area (Å²) in [5, 5.41) is 164. The average Bonchev–Trinajstić information content (AvgIpc) is 3.22. The van der Waals surface area contributed by atoms with Gasteiger partial charge in [-0.15, -0.1) is 0 Å². The van der Waals surface area contributed by atoms with Gasteiger partial charge in [0.1, 0.15) is 85.5 Å². The van der Waals surface area contributed by atoms with E-state index in [0.717, 1.165) is 13.8 Å². The van der Waals surface area contributed by atoms with E-state index >= 15 is 0 Å². The van der Waals surface area contributed by atoms with E-state index in [9.17, 15) is 95.8 Å². The first-order valence-electron chi connectivity index (χ1n) is 19.7. The zero-order valence-corrected chi connectivity index (χ0v) is 34.0. The minimum atomic E-state index is -3.30. The normalized spacial score (nSPS) is 42.9. The van der Waals surface area contributed by atoms with Gasteiger partial charge in [0.25, 0.3) is 11.6 Å². The second-order valence-corrected chi connectivity index (χ2v) is 15.8. The maximum Gasteiger partial charge on any atom is 0.364 e. The molecule has 0 aliphatic carbocycles. The van der Waals surface area contributed by atoms with E-state index in [1.807, 2.05) is 0 Å². The van der Waals surface area contributed by atoms with Gasteiger partial charge in [-0.1, -0.05) is 0 Å². The minimum absolute atomic E-state index is 0.799. The lowest BCUT2D eigenvalue weighted by Crippen LogP contribution is -2.72. The Kier molecular flexibility index (Phi) is 18.1. The van der Waals surface area contributed by atoms with Gasteiger partial charge in [0.05, 0.1) is 56.8 Å². The molecule has 0 aromatic rings. The number of aliphatic carboxylic acids is 2. The third kappa shape index (κ3) is 11.2. The largest absolute Gasteiger partial charge is 0.477 e. The predicted octanol–water partition coefficient (Wildman–Crippen LogP) is -9.98. The molecule has 0 radical (unpaired) electrons. The van der Waals surface area contributed by atoms with Gasteiger partial charge in [0, 0.05) is 26.7 Å². The Morgan fingerprint density at radius 2 is 1.17 bits per heavy atom. The fourth-order valence-corrected chi connectivity index (χ4v) is 7.96. The molecule has 28 nitrogen and oxygen atoms in total. The van der Waals surface area contributed by atoms with Crippen molar-refractivity contribution >= 4 is 23.8 Å². The van der Waals surface area contributed by atoms with E-state index in [2.05, 4.69) is 10.6 Å². The third-order valence-electron chi connectivity index (χ3n) is 11.2. The second-order valence-electron chi connectivity index (χ2n) is 15.8. The highest BCUT2D eigenvalue weighted by Gasteiger charge is 2.62. The molecular formula is C35H58N2O26. The van der Waals surface area contributed by atoms with E-state index < -0.39 is 197 Å². The first kappa shape index (κ1) is 52.7. The summed E-state index contributed by atoms with van der Waals surface area (Å²) >= 11 is 0. The fraction of sp³-hybridized carbons (Fsp3) is 0.886. The Labute approximate surface area is 357 Å². The smallest absolute Gasteiger partial charge is 0.364 e. The topological polar surface area (TPSA) is 460 Å². The van der Waals surface area contributed by atoms with E-state index in [1.165, 1.54) is 6.92 Å². The number of nitrogens with one attached hydrogen (secondary N) is 2.